The van der Waals surface area contributed by atoms with Crippen molar-refractivity contribution in [3.63, 3.8) is 0 Å². The van der Waals surface area contributed by atoms with Gasteiger partial charge in [-0.05, 0) is 48.4 Å². The first kappa shape index (κ1) is 21.3. The third kappa shape index (κ3) is 5.55. The molecule has 1 unspecified atom stereocenters. The van der Waals surface area contributed by atoms with E-state index in [1.54, 1.807) is 48.5 Å². The smallest absolute Gasteiger partial charge is 0.255 e. The maximum Gasteiger partial charge on any atom is 0.255 e. The quantitative estimate of drug-likeness (QED) is 0.491. The Morgan fingerprint density at radius 2 is 1.67 bits per heavy atom. The van der Waals surface area contributed by atoms with Gasteiger partial charge in [0, 0.05) is 16.8 Å². The fourth-order valence-corrected chi connectivity index (χ4v) is 3.14. The molecule has 30 heavy (non-hydrogen) atoms. The molecule has 154 valence electrons. The van der Waals surface area contributed by atoms with Crippen LogP contribution in [0, 0.1) is 0 Å². The number of aliphatic hydroxyl groups is 1. The summed E-state index contributed by atoms with van der Waals surface area (Å²) in [6.07, 6.45) is 1.86. The zero-order chi connectivity index (χ0) is 21.3. The second-order valence-electron chi connectivity index (χ2n) is 6.95. The highest BCUT2D eigenvalue weighted by molar-refractivity contribution is 6.05. The average Bonchev–Trinajstić information content (AvgIpc) is 2.79. The summed E-state index contributed by atoms with van der Waals surface area (Å²) in [4.78, 5) is 24.2. The topological polar surface area (TPSA) is 75.6 Å². The van der Waals surface area contributed by atoms with Gasteiger partial charge in [0.15, 0.2) is 5.78 Å². The molecule has 0 spiro atoms. The van der Waals surface area contributed by atoms with E-state index in [2.05, 4.69) is 24.4 Å². The number of benzene rings is 3. The highest BCUT2D eigenvalue weighted by Gasteiger charge is 2.13. The predicted octanol–water partition coefficient (Wildman–Crippen LogP) is 5.03. The number of hydrogen-bond acceptors (Lipinski definition) is 4. The molecule has 0 aliphatic carbocycles. The van der Waals surface area contributed by atoms with Gasteiger partial charge in [-0.3, -0.25) is 9.59 Å². The molecule has 0 saturated carbocycles. The summed E-state index contributed by atoms with van der Waals surface area (Å²) in [5, 5.41) is 11.8. The molecule has 1 atom stereocenters. The number of aliphatic hydroxyl groups excluding tert-OH is 1. The third-order valence-corrected chi connectivity index (χ3v) is 4.70. The molecular formula is C25H25NO4. The van der Waals surface area contributed by atoms with E-state index in [-0.39, 0.29) is 12.0 Å². The Bertz CT molecular complexity index is 984. The van der Waals surface area contributed by atoms with Crippen molar-refractivity contribution in [1.82, 2.24) is 0 Å². The van der Waals surface area contributed by atoms with Gasteiger partial charge in [-0.2, -0.15) is 0 Å². The van der Waals surface area contributed by atoms with Crippen LogP contribution in [0.2, 0.25) is 0 Å². The predicted molar refractivity (Wildman–Crippen MR) is 117 cm³/mol. The van der Waals surface area contributed by atoms with Crippen LogP contribution in [0.1, 0.15) is 52.1 Å². The van der Waals surface area contributed by atoms with E-state index in [1.807, 2.05) is 18.2 Å². The summed E-state index contributed by atoms with van der Waals surface area (Å²) in [7, 11) is 0. The van der Waals surface area contributed by atoms with Crippen molar-refractivity contribution in [3.05, 3.63) is 95.6 Å². The summed E-state index contributed by atoms with van der Waals surface area (Å²) in [5.74, 6) is 0.0142. The normalized spacial score (nSPS) is 11.5. The number of nitrogens with one attached hydrogen (secondary N) is 1. The fourth-order valence-electron chi connectivity index (χ4n) is 3.14. The standard InChI is InChI=1S/C25H25NO4/c1-2-7-24(18-8-4-3-5-9-18)30-22-14-12-19(13-15-22)25(29)26-21-11-6-10-20(16-21)23(28)17-27/h3-6,8-16,24,27H,2,7,17H2,1H3,(H,26,29). The highest BCUT2D eigenvalue weighted by atomic mass is 16.5. The van der Waals surface area contributed by atoms with E-state index >= 15 is 0 Å². The molecule has 0 aromatic heterocycles. The van der Waals surface area contributed by atoms with Crippen LogP contribution in [-0.2, 0) is 0 Å². The first-order chi connectivity index (χ1) is 14.6. The first-order valence-electron chi connectivity index (χ1n) is 9.98. The second-order valence-corrected chi connectivity index (χ2v) is 6.95. The number of carbonyl (C=O) groups excluding carboxylic acids is 2. The molecule has 0 heterocycles. The summed E-state index contributed by atoms with van der Waals surface area (Å²) in [6, 6.07) is 23.6. The summed E-state index contributed by atoms with van der Waals surface area (Å²) < 4.78 is 6.16. The lowest BCUT2D eigenvalue weighted by Crippen LogP contribution is -2.13. The lowest BCUT2D eigenvalue weighted by molar-refractivity contribution is 0.0903. The van der Waals surface area contributed by atoms with Gasteiger partial charge in [0.25, 0.3) is 5.91 Å². The molecule has 1 amide bonds. The van der Waals surface area contributed by atoms with Crippen LogP contribution in [0.5, 0.6) is 5.75 Å². The van der Waals surface area contributed by atoms with Crippen molar-refractivity contribution < 1.29 is 19.4 Å². The van der Waals surface area contributed by atoms with E-state index in [9.17, 15) is 9.59 Å². The van der Waals surface area contributed by atoms with Crippen LogP contribution in [-0.4, -0.2) is 23.4 Å². The van der Waals surface area contributed by atoms with Gasteiger partial charge in [-0.1, -0.05) is 55.8 Å². The van der Waals surface area contributed by atoms with Gasteiger partial charge in [0.2, 0.25) is 0 Å². The van der Waals surface area contributed by atoms with E-state index in [1.165, 1.54) is 0 Å². The van der Waals surface area contributed by atoms with Crippen LogP contribution in [0.3, 0.4) is 0 Å². The van der Waals surface area contributed by atoms with Gasteiger partial charge < -0.3 is 15.2 Å². The second kappa shape index (κ2) is 10.4. The van der Waals surface area contributed by atoms with Gasteiger partial charge >= 0.3 is 0 Å². The maximum atomic E-state index is 12.5. The number of carbonyl (C=O) groups is 2. The minimum Gasteiger partial charge on any atom is -0.486 e. The zero-order valence-corrected chi connectivity index (χ0v) is 16.9. The number of amides is 1. The molecule has 0 radical (unpaired) electrons. The van der Waals surface area contributed by atoms with E-state index in [4.69, 9.17) is 9.84 Å². The average molecular weight is 403 g/mol. The van der Waals surface area contributed by atoms with Crippen LogP contribution < -0.4 is 10.1 Å². The molecule has 3 rings (SSSR count). The Morgan fingerprint density at radius 3 is 2.33 bits per heavy atom. The van der Waals surface area contributed by atoms with Crippen LogP contribution in [0.4, 0.5) is 5.69 Å². The molecule has 0 fully saturated rings. The minimum absolute atomic E-state index is 0.0392. The fraction of sp³-hybridized carbons (Fsp3) is 0.200. The minimum atomic E-state index is -0.569. The molecule has 0 saturated heterocycles. The van der Waals surface area contributed by atoms with Crippen molar-refractivity contribution in [1.29, 1.82) is 0 Å². The number of rotatable bonds is 9. The molecule has 0 aliphatic rings. The van der Waals surface area contributed by atoms with Gasteiger partial charge in [0.1, 0.15) is 18.5 Å². The number of ketones is 1. The van der Waals surface area contributed by atoms with Gasteiger partial charge in [-0.15, -0.1) is 0 Å². The number of anilines is 1. The zero-order valence-electron chi connectivity index (χ0n) is 16.9. The molecule has 3 aromatic carbocycles. The highest BCUT2D eigenvalue weighted by Crippen LogP contribution is 2.26. The van der Waals surface area contributed by atoms with Gasteiger partial charge in [-0.25, -0.2) is 0 Å². The number of hydrogen-bond donors (Lipinski definition) is 2. The van der Waals surface area contributed by atoms with Crippen LogP contribution in [0.15, 0.2) is 78.9 Å². The van der Waals surface area contributed by atoms with E-state index in [0.717, 1.165) is 18.4 Å². The number of Topliss-reactive ketones (excluding diaryl/α,β-unsaturated/α-hetero) is 1. The largest absolute Gasteiger partial charge is 0.486 e. The molecule has 5 nitrogen and oxygen atoms in total. The van der Waals surface area contributed by atoms with Gasteiger partial charge in [0.05, 0.1) is 0 Å². The third-order valence-electron chi connectivity index (χ3n) is 4.70. The van der Waals surface area contributed by atoms with Crippen molar-refractivity contribution in [3.8, 4) is 5.75 Å². The molecule has 2 N–H and O–H groups in total. The molecular weight excluding hydrogens is 378 g/mol. The lowest BCUT2D eigenvalue weighted by atomic mass is 10.1. The van der Waals surface area contributed by atoms with Crippen molar-refractivity contribution in [2.45, 2.75) is 25.9 Å². The molecule has 0 aliphatic heterocycles. The number of ether oxygens (including phenoxy) is 1. The van der Waals surface area contributed by atoms with Crippen LogP contribution in [0.25, 0.3) is 0 Å². The molecule has 5 heteroatoms. The Kier molecular flexibility index (Phi) is 7.35. The Morgan fingerprint density at radius 1 is 0.933 bits per heavy atom. The Labute approximate surface area is 176 Å². The summed E-state index contributed by atoms with van der Waals surface area (Å²) in [6.45, 7) is 1.55. The maximum absolute atomic E-state index is 12.5. The van der Waals surface area contributed by atoms with Crippen LogP contribution >= 0.6 is 0 Å². The van der Waals surface area contributed by atoms with Crippen molar-refractivity contribution >= 4 is 17.4 Å². The first-order valence-corrected chi connectivity index (χ1v) is 9.98. The summed E-state index contributed by atoms with van der Waals surface area (Å²) in [5.41, 5.74) is 2.44. The summed E-state index contributed by atoms with van der Waals surface area (Å²) >= 11 is 0. The molecule has 3 aromatic rings. The van der Waals surface area contributed by atoms with E-state index < -0.39 is 12.4 Å². The van der Waals surface area contributed by atoms with Crippen molar-refractivity contribution in [2.75, 3.05) is 11.9 Å². The Balaban J connectivity index is 1.67. The Hall–Kier alpha value is -3.44. The lowest BCUT2D eigenvalue weighted by Gasteiger charge is -2.19. The van der Waals surface area contributed by atoms with Crippen molar-refractivity contribution in [2.24, 2.45) is 0 Å². The SMILES string of the molecule is CCCC(Oc1ccc(C(=O)Nc2cccc(C(=O)CO)c2)cc1)c1ccccc1. The van der Waals surface area contributed by atoms with E-state index in [0.29, 0.717) is 22.6 Å². The molecule has 0 bridgehead atoms. The monoisotopic (exact) mass is 403 g/mol.